The van der Waals surface area contributed by atoms with Gasteiger partial charge in [0.05, 0.1) is 0 Å². The van der Waals surface area contributed by atoms with Gasteiger partial charge in [-0.1, -0.05) is 42.8 Å². The zero-order valence-corrected chi connectivity index (χ0v) is 16.4. The number of fused-ring (bicyclic) bond motifs is 1. The number of aromatic amines is 1. The van der Waals surface area contributed by atoms with Gasteiger partial charge in [-0.25, -0.2) is 9.78 Å². The number of ether oxygens (including phenoxy) is 1. The maximum absolute atomic E-state index is 12.6. The van der Waals surface area contributed by atoms with Crippen LogP contribution in [-0.2, 0) is 11.2 Å². The monoisotopic (exact) mass is 407 g/mol. The first-order valence-corrected chi connectivity index (χ1v) is 9.54. The van der Waals surface area contributed by atoms with Gasteiger partial charge in [0.2, 0.25) is 5.78 Å². The van der Waals surface area contributed by atoms with Crippen molar-refractivity contribution >= 4 is 34.3 Å². The van der Waals surface area contributed by atoms with Crippen molar-refractivity contribution in [2.24, 2.45) is 0 Å². The number of Topliss-reactive ketones (excluding diaryl/α,β-unsaturated/α-hetero) is 1. The standard InChI is InChI=1S/C22H18ClN3O3/c1-2-14-5-3-8-17-18(10-24-21(14)17)20(27)12-29-22(28)19-11-26(13-25-19)16-7-4-6-15(23)9-16/h3-11,13,24H,2,12H2,1H3. The van der Waals surface area contributed by atoms with Crippen molar-refractivity contribution in [1.82, 2.24) is 14.5 Å². The summed E-state index contributed by atoms with van der Waals surface area (Å²) in [7, 11) is 0. The molecule has 0 spiro atoms. The number of para-hydroxylation sites is 1. The number of hydrogen-bond acceptors (Lipinski definition) is 4. The van der Waals surface area contributed by atoms with Crippen molar-refractivity contribution in [3.05, 3.63) is 83.0 Å². The Bertz CT molecular complexity index is 1210. The van der Waals surface area contributed by atoms with Crippen molar-refractivity contribution in [2.45, 2.75) is 13.3 Å². The van der Waals surface area contributed by atoms with Gasteiger partial charge in [0.25, 0.3) is 0 Å². The highest BCUT2D eigenvalue weighted by molar-refractivity contribution is 6.30. The van der Waals surface area contributed by atoms with Crippen LogP contribution in [-0.4, -0.2) is 32.9 Å². The zero-order valence-electron chi connectivity index (χ0n) is 15.7. The molecule has 0 aliphatic heterocycles. The van der Waals surface area contributed by atoms with Crippen LogP contribution in [0.15, 0.2) is 61.2 Å². The van der Waals surface area contributed by atoms with E-state index in [0.29, 0.717) is 10.6 Å². The number of nitrogens with zero attached hydrogens (tertiary/aromatic N) is 2. The lowest BCUT2D eigenvalue weighted by molar-refractivity contribution is 0.0470. The number of aryl methyl sites for hydroxylation is 1. The topological polar surface area (TPSA) is 77.0 Å². The highest BCUT2D eigenvalue weighted by Gasteiger charge is 2.17. The molecule has 0 aliphatic rings. The molecule has 0 radical (unpaired) electrons. The van der Waals surface area contributed by atoms with Gasteiger partial charge in [0, 0.05) is 39.6 Å². The number of imidazole rings is 1. The SMILES string of the molecule is CCc1cccc2c(C(=O)COC(=O)c3cn(-c4cccc(Cl)c4)cn3)c[nH]c12. The Morgan fingerprint density at radius 3 is 2.83 bits per heavy atom. The molecule has 6 nitrogen and oxygen atoms in total. The summed E-state index contributed by atoms with van der Waals surface area (Å²) < 4.78 is 6.85. The maximum Gasteiger partial charge on any atom is 0.358 e. The van der Waals surface area contributed by atoms with E-state index in [-0.39, 0.29) is 18.1 Å². The van der Waals surface area contributed by atoms with E-state index in [1.807, 2.05) is 24.3 Å². The molecule has 0 bridgehead atoms. The minimum absolute atomic E-state index is 0.116. The number of H-pyrrole nitrogens is 1. The van der Waals surface area contributed by atoms with E-state index in [9.17, 15) is 9.59 Å². The molecule has 0 saturated heterocycles. The van der Waals surface area contributed by atoms with Crippen LogP contribution in [0.1, 0.15) is 33.3 Å². The average Bonchev–Trinajstić information content (AvgIpc) is 3.39. The molecule has 2 aromatic heterocycles. The van der Waals surface area contributed by atoms with Gasteiger partial charge >= 0.3 is 5.97 Å². The largest absolute Gasteiger partial charge is 0.453 e. The van der Waals surface area contributed by atoms with Crippen LogP contribution in [0.2, 0.25) is 5.02 Å². The van der Waals surface area contributed by atoms with Crippen molar-refractivity contribution in [1.29, 1.82) is 0 Å². The molecule has 0 saturated carbocycles. The van der Waals surface area contributed by atoms with Gasteiger partial charge in [0.15, 0.2) is 12.3 Å². The molecule has 0 unspecified atom stereocenters. The maximum atomic E-state index is 12.6. The van der Waals surface area contributed by atoms with Crippen LogP contribution >= 0.6 is 11.6 Å². The van der Waals surface area contributed by atoms with E-state index in [1.165, 1.54) is 12.5 Å². The predicted octanol–water partition coefficient (Wildman–Crippen LogP) is 4.61. The van der Waals surface area contributed by atoms with Crippen LogP contribution in [0.5, 0.6) is 0 Å². The molecular formula is C22H18ClN3O3. The Morgan fingerprint density at radius 1 is 1.21 bits per heavy atom. The van der Waals surface area contributed by atoms with E-state index in [2.05, 4.69) is 16.9 Å². The quantitative estimate of drug-likeness (QED) is 0.374. The second kappa shape index (κ2) is 7.93. The van der Waals surface area contributed by atoms with Gasteiger partial charge in [0.1, 0.15) is 6.33 Å². The second-order valence-corrected chi connectivity index (χ2v) is 6.98. The van der Waals surface area contributed by atoms with Gasteiger partial charge in [-0.2, -0.15) is 0 Å². The van der Waals surface area contributed by atoms with E-state index in [0.717, 1.165) is 28.6 Å². The third-order valence-corrected chi connectivity index (χ3v) is 4.95. The number of ketones is 1. The molecule has 29 heavy (non-hydrogen) atoms. The fourth-order valence-electron chi connectivity index (χ4n) is 3.23. The van der Waals surface area contributed by atoms with Gasteiger partial charge in [-0.05, 0) is 30.2 Å². The van der Waals surface area contributed by atoms with Gasteiger partial charge in [-0.3, -0.25) is 4.79 Å². The summed E-state index contributed by atoms with van der Waals surface area (Å²) in [6.45, 7) is 1.70. The van der Waals surface area contributed by atoms with E-state index >= 15 is 0 Å². The van der Waals surface area contributed by atoms with Crippen LogP contribution < -0.4 is 0 Å². The summed E-state index contributed by atoms with van der Waals surface area (Å²) in [5, 5.41) is 1.41. The molecule has 0 aliphatic carbocycles. The lowest BCUT2D eigenvalue weighted by atomic mass is 10.1. The summed E-state index contributed by atoms with van der Waals surface area (Å²) in [6, 6.07) is 13.0. The number of halogens is 1. The van der Waals surface area contributed by atoms with Gasteiger partial charge < -0.3 is 14.3 Å². The highest BCUT2D eigenvalue weighted by atomic mass is 35.5. The Kier molecular flexibility index (Phi) is 5.18. The molecule has 0 amide bonds. The number of rotatable bonds is 6. The zero-order chi connectivity index (χ0) is 20.4. The number of esters is 1. The molecule has 1 N–H and O–H groups in total. The molecular weight excluding hydrogens is 390 g/mol. The number of aromatic nitrogens is 3. The molecule has 2 heterocycles. The Labute approximate surface area is 172 Å². The minimum atomic E-state index is -0.659. The lowest BCUT2D eigenvalue weighted by Gasteiger charge is -2.03. The molecule has 146 valence electrons. The predicted molar refractivity (Wildman–Crippen MR) is 111 cm³/mol. The van der Waals surface area contributed by atoms with Crippen LogP contribution in [0.25, 0.3) is 16.6 Å². The molecule has 7 heteroatoms. The fourth-order valence-corrected chi connectivity index (χ4v) is 3.42. The van der Waals surface area contributed by atoms with Crippen molar-refractivity contribution in [2.75, 3.05) is 6.61 Å². The summed E-state index contributed by atoms with van der Waals surface area (Å²) in [5.74, 6) is -0.930. The van der Waals surface area contributed by atoms with Crippen LogP contribution in [0.3, 0.4) is 0 Å². The number of carbonyl (C=O) groups excluding carboxylic acids is 2. The Hall–Kier alpha value is -3.38. The van der Waals surface area contributed by atoms with Crippen molar-refractivity contribution < 1.29 is 14.3 Å². The number of benzene rings is 2. The number of nitrogens with one attached hydrogen (secondary N) is 1. The highest BCUT2D eigenvalue weighted by Crippen LogP contribution is 2.23. The van der Waals surface area contributed by atoms with Gasteiger partial charge in [-0.15, -0.1) is 0 Å². The molecule has 4 rings (SSSR count). The molecule has 0 fully saturated rings. The normalized spacial score (nSPS) is 11.0. The third-order valence-electron chi connectivity index (χ3n) is 4.72. The summed E-state index contributed by atoms with van der Waals surface area (Å²) in [6.07, 6.45) is 5.55. The first-order chi connectivity index (χ1) is 14.1. The minimum Gasteiger partial charge on any atom is -0.453 e. The number of hydrogen-bond donors (Lipinski definition) is 1. The summed E-state index contributed by atoms with van der Waals surface area (Å²) in [4.78, 5) is 32.1. The van der Waals surface area contributed by atoms with E-state index in [1.54, 1.807) is 29.0 Å². The van der Waals surface area contributed by atoms with Crippen LogP contribution in [0, 0.1) is 0 Å². The molecule has 2 aromatic carbocycles. The van der Waals surface area contributed by atoms with E-state index in [4.69, 9.17) is 16.3 Å². The first-order valence-electron chi connectivity index (χ1n) is 9.16. The summed E-state index contributed by atoms with van der Waals surface area (Å²) in [5.41, 5.74) is 3.46. The fraction of sp³-hybridized carbons (Fsp3) is 0.136. The average molecular weight is 408 g/mol. The van der Waals surface area contributed by atoms with Crippen molar-refractivity contribution in [3.63, 3.8) is 0 Å². The summed E-state index contributed by atoms with van der Waals surface area (Å²) >= 11 is 5.99. The molecule has 4 aromatic rings. The molecule has 0 atom stereocenters. The first kappa shape index (κ1) is 19.0. The smallest absolute Gasteiger partial charge is 0.358 e. The van der Waals surface area contributed by atoms with Crippen LogP contribution in [0.4, 0.5) is 0 Å². The third kappa shape index (κ3) is 3.79. The van der Waals surface area contributed by atoms with E-state index < -0.39 is 5.97 Å². The Balaban J connectivity index is 1.46. The number of carbonyl (C=O) groups is 2. The Morgan fingerprint density at radius 2 is 2.03 bits per heavy atom. The second-order valence-electron chi connectivity index (χ2n) is 6.54. The van der Waals surface area contributed by atoms with Crippen molar-refractivity contribution in [3.8, 4) is 5.69 Å². The lowest BCUT2D eigenvalue weighted by Crippen LogP contribution is -2.14.